The van der Waals surface area contributed by atoms with E-state index in [4.69, 9.17) is 11.6 Å². The fourth-order valence-corrected chi connectivity index (χ4v) is 0.997. The van der Waals surface area contributed by atoms with Gasteiger partial charge in [-0.1, -0.05) is 18.2 Å². The lowest BCUT2D eigenvalue weighted by atomic mass is 10.2. The summed E-state index contributed by atoms with van der Waals surface area (Å²) >= 11 is 5.50. The Morgan fingerprint density at radius 2 is 2.08 bits per heavy atom. The second-order valence-corrected chi connectivity index (χ2v) is 2.70. The SMILES string of the molecule is C=Cc1ncc(C(F)(F)F)cc1Cl. The van der Waals surface area contributed by atoms with E-state index in [-0.39, 0.29) is 10.7 Å². The molecule has 1 aromatic rings. The molecule has 0 atom stereocenters. The Bertz CT molecular complexity index is 333. The van der Waals surface area contributed by atoms with Crippen LogP contribution in [-0.4, -0.2) is 4.98 Å². The summed E-state index contributed by atoms with van der Waals surface area (Å²) in [4.78, 5) is 3.49. The normalized spacial score (nSPS) is 11.4. The summed E-state index contributed by atoms with van der Waals surface area (Å²) in [5, 5.41) is -0.0511. The largest absolute Gasteiger partial charge is 0.417 e. The molecule has 0 aromatic carbocycles. The van der Waals surface area contributed by atoms with Crippen molar-refractivity contribution in [3.63, 3.8) is 0 Å². The molecule has 1 heterocycles. The Morgan fingerprint density at radius 1 is 1.46 bits per heavy atom. The number of hydrogen-bond acceptors (Lipinski definition) is 1. The maximum absolute atomic E-state index is 12.1. The lowest BCUT2D eigenvalue weighted by Crippen LogP contribution is -2.05. The number of alkyl halides is 3. The average Bonchev–Trinajstić information content (AvgIpc) is 2.02. The second kappa shape index (κ2) is 3.38. The zero-order valence-electron chi connectivity index (χ0n) is 6.40. The summed E-state index contributed by atoms with van der Waals surface area (Å²) < 4.78 is 36.2. The molecule has 0 aliphatic heterocycles. The van der Waals surface area contributed by atoms with E-state index in [9.17, 15) is 13.2 Å². The van der Waals surface area contributed by atoms with E-state index in [0.29, 0.717) is 0 Å². The maximum Gasteiger partial charge on any atom is 0.417 e. The molecule has 0 fully saturated rings. The molecule has 70 valence electrons. The van der Waals surface area contributed by atoms with Crippen LogP contribution in [0, 0.1) is 0 Å². The van der Waals surface area contributed by atoms with Gasteiger partial charge in [0.15, 0.2) is 0 Å². The van der Waals surface area contributed by atoms with Crippen LogP contribution in [0.2, 0.25) is 5.02 Å². The van der Waals surface area contributed by atoms with E-state index in [1.807, 2.05) is 0 Å². The van der Waals surface area contributed by atoms with Gasteiger partial charge in [0, 0.05) is 6.20 Å². The molecule has 0 spiro atoms. The summed E-state index contributed by atoms with van der Waals surface area (Å²) in [6, 6.07) is 0.825. The zero-order chi connectivity index (χ0) is 10.1. The monoisotopic (exact) mass is 207 g/mol. The number of aromatic nitrogens is 1. The zero-order valence-corrected chi connectivity index (χ0v) is 7.15. The summed E-state index contributed by atoms with van der Waals surface area (Å²) in [6.07, 6.45) is -2.39. The second-order valence-electron chi connectivity index (χ2n) is 2.29. The van der Waals surface area contributed by atoms with Crippen LogP contribution in [0.4, 0.5) is 13.2 Å². The molecule has 1 rings (SSSR count). The molecule has 1 aromatic heterocycles. The van der Waals surface area contributed by atoms with Gasteiger partial charge < -0.3 is 0 Å². The van der Waals surface area contributed by atoms with Gasteiger partial charge >= 0.3 is 6.18 Å². The van der Waals surface area contributed by atoms with Gasteiger partial charge in [0.1, 0.15) is 0 Å². The average molecular weight is 208 g/mol. The van der Waals surface area contributed by atoms with Crippen molar-refractivity contribution in [2.24, 2.45) is 0 Å². The van der Waals surface area contributed by atoms with Gasteiger partial charge in [0.05, 0.1) is 16.3 Å². The van der Waals surface area contributed by atoms with Crippen LogP contribution < -0.4 is 0 Å². The number of hydrogen-bond donors (Lipinski definition) is 0. The van der Waals surface area contributed by atoms with Crippen LogP contribution in [0.1, 0.15) is 11.3 Å². The molecule has 0 N–H and O–H groups in total. The molecule has 0 bridgehead atoms. The summed E-state index contributed by atoms with van der Waals surface area (Å²) in [5.74, 6) is 0. The van der Waals surface area contributed by atoms with Gasteiger partial charge in [-0.2, -0.15) is 13.2 Å². The van der Waals surface area contributed by atoms with Crippen LogP contribution in [0.5, 0.6) is 0 Å². The fraction of sp³-hybridized carbons (Fsp3) is 0.125. The van der Waals surface area contributed by atoms with Crippen molar-refractivity contribution in [2.75, 3.05) is 0 Å². The lowest BCUT2D eigenvalue weighted by molar-refractivity contribution is -0.137. The molecule has 0 unspecified atom stereocenters. The third-order valence-electron chi connectivity index (χ3n) is 1.39. The van der Waals surface area contributed by atoms with Crippen molar-refractivity contribution < 1.29 is 13.2 Å². The van der Waals surface area contributed by atoms with E-state index in [2.05, 4.69) is 11.6 Å². The minimum atomic E-state index is -4.41. The molecule has 0 saturated carbocycles. The highest BCUT2D eigenvalue weighted by molar-refractivity contribution is 6.31. The van der Waals surface area contributed by atoms with E-state index in [1.54, 1.807) is 0 Å². The highest BCUT2D eigenvalue weighted by Gasteiger charge is 2.31. The van der Waals surface area contributed by atoms with Gasteiger partial charge in [0.25, 0.3) is 0 Å². The topological polar surface area (TPSA) is 12.9 Å². The third-order valence-corrected chi connectivity index (χ3v) is 1.69. The summed E-state index contributed by atoms with van der Waals surface area (Å²) in [6.45, 7) is 3.36. The van der Waals surface area contributed by atoms with Crippen LogP contribution >= 0.6 is 11.6 Å². The van der Waals surface area contributed by atoms with Gasteiger partial charge in [-0.05, 0) is 12.1 Å². The molecule has 0 radical (unpaired) electrons. The smallest absolute Gasteiger partial charge is 0.255 e. The summed E-state index contributed by atoms with van der Waals surface area (Å²) in [5.41, 5.74) is -0.613. The molecule has 0 aliphatic rings. The first-order valence-corrected chi connectivity index (χ1v) is 3.68. The molecule has 0 aliphatic carbocycles. The quantitative estimate of drug-likeness (QED) is 0.688. The molecule has 13 heavy (non-hydrogen) atoms. The van der Waals surface area contributed by atoms with Crippen molar-refractivity contribution in [3.05, 3.63) is 35.1 Å². The standard InChI is InChI=1S/C8H5ClF3N/c1-2-7-6(9)3-5(4-13-7)8(10,11)12/h2-4H,1H2. The number of nitrogens with zero attached hydrogens (tertiary/aromatic N) is 1. The molecule has 1 nitrogen and oxygen atoms in total. The van der Waals surface area contributed by atoms with Crippen molar-refractivity contribution in [1.82, 2.24) is 4.98 Å². The van der Waals surface area contributed by atoms with Gasteiger partial charge in [-0.3, -0.25) is 4.98 Å². The van der Waals surface area contributed by atoms with E-state index in [1.165, 1.54) is 6.08 Å². The van der Waals surface area contributed by atoms with Crippen molar-refractivity contribution in [3.8, 4) is 0 Å². The lowest BCUT2D eigenvalue weighted by Gasteiger charge is -2.06. The third kappa shape index (κ3) is 2.21. The number of rotatable bonds is 1. The van der Waals surface area contributed by atoms with Crippen molar-refractivity contribution in [1.29, 1.82) is 0 Å². The first-order chi connectivity index (χ1) is 5.95. The van der Waals surface area contributed by atoms with E-state index < -0.39 is 11.7 Å². The minimum Gasteiger partial charge on any atom is -0.255 e. The Labute approximate surface area is 77.9 Å². The van der Waals surface area contributed by atoms with Crippen molar-refractivity contribution in [2.45, 2.75) is 6.18 Å². The Kier molecular flexibility index (Phi) is 2.61. The molecular weight excluding hydrogens is 203 g/mol. The van der Waals surface area contributed by atoms with Crippen LogP contribution in [-0.2, 0) is 6.18 Å². The first kappa shape index (κ1) is 10.1. The van der Waals surface area contributed by atoms with Crippen molar-refractivity contribution >= 4 is 17.7 Å². The Hall–Kier alpha value is -1.03. The number of pyridine rings is 1. The highest BCUT2D eigenvalue weighted by atomic mass is 35.5. The van der Waals surface area contributed by atoms with Crippen LogP contribution in [0.15, 0.2) is 18.8 Å². The minimum absolute atomic E-state index is 0.0511. The van der Waals surface area contributed by atoms with Gasteiger partial charge in [-0.25, -0.2) is 0 Å². The maximum atomic E-state index is 12.1. The molecular formula is C8H5ClF3N. The molecule has 0 saturated heterocycles. The fourth-order valence-electron chi connectivity index (χ4n) is 0.754. The predicted octanol–water partition coefficient (Wildman–Crippen LogP) is 3.40. The van der Waals surface area contributed by atoms with Gasteiger partial charge in [0.2, 0.25) is 0 Å². The summed E-state index contributed by atoms with van der Waals surface area (Å²) in [7, 11) is 0. The Morgan fingerprint density at radius 3 is 2.46 bits per heavy atom. The van der Waals surface area contributed by atoms with E-state index in [0.717, 1.165) is 12.3 Å². The first-order valence-electron chi connectivity index (χ1n) is 3.30. The predicted molar refractivity (Wildman–Crippen MR) is 44.3 cm³/mol. The van der Waals surface area contributed by atoms with Gasteiger partial charge in [-0.15, -0.1) is 0 Å². The molecule has 5 heteroatoms. The highest BCUT2D eigenvalue weighted by Crippen LogP contribution is 2.31. The Balaban J connectivity index is 3.17. The molecule has 0 amide bonds. The van der Waals surface area contributed by atoms with E-state index >= 15 is 0 Å². The van der Waals surface area contributed by atoms with Crippen LogP contribution in [0.25, 0.3) is 6.08 Å². The van der Waals surface area contributed by atoms with Crippen LogP contribution in [0.3, 0.4) is 0 Å². The number of halogens is 4.